The molecule has 0 fully saturated rings. The highest BCUT2D eigenvalue weighted by molar-refractivity contribution is 8.00. The van der Waals surface area contributed by atoms with E-state index in [2.05, 4.69) is 31.2 Å². The molecule has 2 heteroatoms. The maximum atomic E-state index is 5.78. The first-order valence-electron chi connectivity index (χ1n) is 6.45. The highest BCUT2D eigenvalue weighted by Crippen LogP contribution is 2.32. The topological polar surface area (TPSA) is 26.0 Å². The van der Waals surface area contributed by atoms with E-state index in [4.69, 9.17) is 5.73 Å². The molecule has 1 nitrogen and oxygen atoms in total. The molecule has 17 heavy (non-hydrogen) atoms. The van der Waals surface area contributed by atoms with Gasteiger partial charge in [0.05, 0.1) is 0 Å². The van der Waals surface area contributed by atoms with Gasteiger partial charge < -0.3 is 5.73 Å². The van der Waals surface area contributed by atoms with Crippen molar-refractivity contribution in [2.45, 2.75) is 49.2 Å². The Labute approximate surface area is 108 Å². The van der Waals surface area contributed by atoms with E-state index in [1.54, 1.807) is 0 Å². The Morgan fingerprint density at radius 2 is 2.12 bits per heavy atom. The van der Waals surface area contributed by atoms with Gasteiger partial charge in [0.25, 0.3) is 0 Å². The largest absolute Gasteiger partial charge is 0.399 e. The molecule has 2 rings (SSSR count). The van der Waals surface area contributed by atoms with E-state index in [0.717, 1.165) is 5.69 Å². The van der Waals surface area contributed by atoms with Crippen molar-refractivity contribution in [3.63, 3.8) is 0 Å². The van der Waals surface area contributed by atoms with E-state index >= 15 is 0 Å². The number of hydrogen-bond acceptors (Lipinski definition) is 2. The minimum atomic E-state index is 0.637. The van der Waals surface area contributed by atoms with Gasteiger partial charge in [0.2, 0.25) is 0 Å². The van der Waals surface area contributed by atoms with Crippen molar-refractivity contribution in [1.82, 2.24) is 0 Å². The van der Waals surface area contributed by atoms with Gasteiger partial charge >= 0.3 is 0 Å². The molecule has 1 unspecified atom stereocenters. The standard InChI is InChI=1S/C15H21NS/c1-12-11-13(16)9-10-15(12)17-14-7-5-3-2-4-6-8-14/h5,7,9-11,14H,2-4,6,8,16H2,1H3/b7-5+. The van der Waals surface area contributed by atoms with Gasteiger partial charge in [-0.3, -0.25) is 0 Å². The van der Waals surface area contributed by atoms with Crippen LogP contribution in [0.3, 0.4) is 0 Å². The number of nitrogen functional groups attached to an aromatic ring is 1. The van der Waals surface area contributed by atoms with Gasteiger partial charge in [-0.05, 0) is 49.9 Å². The third-order valence-corrected chi connectivity index (χ3v) is 4.60. The zero-order valence-electron chi connectivity index (χ0n) is 10.5. The van der Waals surface area contributed by atoms with E-state index in [0.29, 0.717) is 5.25 Å². The molecule has 1 atom stereocenters. The van der Waals surface area contributed by atoms with Crippen LogP contribution < -0.4 is 5.73 Å². The maximum absolute atomic E-state index is 5.78. The molecule has 0 saturated heterocycles. The van der Waals surface area contributed by atoms with Crippen molar-refractivity contribution in [2.75, 3.05) is 5.73 Å². The van der Waals surface area contributed by atoms with Crippen LogP contribution in [0.2, 0.25) is 0 Å². The third-order valence-electron chi connectivity index (χ3n) is 3.19. The number of benzene rings is 1. The molecular weight excluding hydrogens is 226 g/mol. The number of allylic oxidation sites excluding steroid dienone is 1. The Balaban J connectivity index is 2.05. The Hall–Kier alpha value is -0.890. The maximum Gasteiger partial charge on any atom is 0.0317 e. The first-order chi connectivity index (χ1) is 8.25. The Morgan fingerprint density at radius 1 is 1.24 bits per heavy atom. The average Bonchev–Trinajstić information content (AvgIpc) is 2.25. The second kappa shape index (κ2) is 6.15. The lowest BCUT2D eigenvalue weighted by Gasteiger charge is -2.16. The summed E-state index contributed by atoms with van der Waals surface area (Å²) in [6.07, 6.45) is 11.4. The Kier molecular flexibility index (Phi) is 4.55. The second-order valence-electron chi connectivity index (χ2n) is 4.75. The van der Waals surface area contributed by atoms with E-state index in [1.165, 1.54) is 42.6 Å². The van der Waals surface area contributed by atoms with Crippen molar-refractivity contribution in [3.8, 4) is 0 Å². The molecule has 0 saturated carbocycles. The minimum absolute atomic E-state index is 0.637. The fourth-order valence-electron chi connectivity index (χ4n) is 2.19. The summed E-state index contributed by atoms with van der Waals surface area (Å²) in [6, 6.07) is 6.22. The predicted octanol–water partition coefficient (Wildman–Crippen LogP) is 4.56. The van der Waals surface area contributed by atoms with Crippen LogP contribution in [-0.4, -0.2) is 5.25 Å². The van der Waals surface area contributed by atoms with Crippen LogP contribution in [-0.2, 0) is 0 Å². The van der Waals surface area contributed by atoms with Crippen LogP contribution in [0.25, 0.3) is 0 Å². The van der Waals surface area contributed by atoms with Gasteiger partial charge in [-0.25, -0.2) is 0 Å². The molecule has 0 radical (unpaired) electrons. The Morgan fingerprint density at radius 3 is 2.94 bits per heavy atom. The van der Waals surface area contributed by atoms with E-state index in [1.807, 2.05) is 17.8 Å². The molecule has 1 aliphatic rings. The van der Waals surface area contributed by atoms with Gasteiger partial charge in [-0.1, -0.05) is 25.0 Å². The van der Waals surface area contributed by atoms with Gasteiger partial charge in [0.15, 0.2) is 0 Å². The molecule has 0 amide bonds. The van der Waals surface area contributed by atoms with Crippen LogP contribution in [0, 0.1) is 6.92 Å². The molecule has 1 aromatic rings. The first-order valence-corrected chi connectivity index (χ1v) is 7.33. The number of anilines is 1. The van der Waals surface area contributed by atoms with Crippen molar-refractivity contribution in [2.24, 2.45) is 0 Å². The van der Waals surface area contributed by atoms with Gasteiger partial charge in [-0.15, -0.1) is 11.8 Å². The monoisotopic (exact) mass is 247 g/mol. The third kappa shape index (κ3) is 3.81. The highest BCUT2D eigenvalue weighted by Gasteiger charge is 2.10. The van der Waals surface area contributed by atoms with Gasteiger partial charge in [0.1, 0.15) is 0 Å². The van der Waals surface area contributed by atoms with Crippen LogP contribution in [0.15, 0.2) is 35.2 Å². The fourth-order valence-corrected chi connectivity index (χ4v) is 3.39. The molecule has 0 heterocycles. The van der Waals surface area contributed by atoms with Gasteiger partial charge in [-0.2, -0.15) is 0 Å². The molecule has 0 aromatic heterocycles. The summed E-state index contributed by atoms with van der Waals surface area (Å²) in [6.45, 7) is 2.14. The lowest BCUT2D eigenvalue weighted by atomic mass is 10.1. The van der Waals surface area contributed by atoms with Crippen LogP contribution >= 0.6 is 11.8 Å². The van der Waals surface area contributed by atoms with Crippen molar-refractivity contribution in [1.29, 1.82) is 0 Å². The summed E-state index contributed by atoms with van der Waals surface area (Å²) in [7, 11) is 0. The number of hydrogen-bond donors (Lipinski definition) is 1. The predicted molar refractivity (Wildman–Crippen MR) is 77.5 cm³/mol. The second-order valence-corrected chi connectivity index (χ2v) is 6.03. The summed E-state index contributed by atoms with van der Waals surface area (Å²) < 4.78 is 0. The van der Waals surface area contributed by atoms with E-state index in [9.17, 15) is 0 Å². The highest BCUT2D eigenvalue weighted by atomic mass is 32.2. The normalized spacial score (nSPS) is 22.8. The van der Waals surface area contributed by atoms with Crippen molar-refractivity contribution < 1.29 is 0 Å². The van der Waals surface area contributed by atoms with E-state index < -0.39 is 0 Å². The molecular formula is C15H21NS. The average molecular weight is 247 g/mol. The first kappa shape index (κ1) is 12.6. The van der Waals surface area contributed by atoms with Crippen molar-refractivity contribution >= 4 is 17.4 Å². The molecule has 2 N–H and O–H groups in total. The summed E-state index contributed by atoms with van der Waals surface area (Å²) >= 11 is 1.98. The lowest BCUT2D eigenvalue weighted by molar-refractivity contribution is 0.643. The number of aryl methyl sites for hydroxylation is 1. The lowest BCUT2D eigenvalue weighted by Crippen LogP contribution is -2.01. The van der Waals surface area contributed by atoms with Crippen LogP contribution in [0.4, 0.5) is 5.69 Å². The molecule has 0 bridgehead atoms. The van der Waals surface area contributed by atoms with Crippen molar-refractivity contribution in [3.05, 3.63) is 35.9 Å². The zero-order chi connectivity index (χ0) is 12.1. The smallest absolute Gasteiger partial charge is 0.0317 e. The molecule has 1 aromatic carbocycles. The minimum Gasteiger partial charge on any atom is -0.399 e. The molecule has 0 spiro atoms. The summed E-state index contributed by atoms with van der Waals surface area (Å²) in [4.78, 5) is 1.37. The molecule has 1 aliphatic carbocycles. The Bertz CT molecular complexity index is 398. The number of nitrogens with two attached hydrogens (primary N) is 1. The number of rotatable bonds is 2. The summed E-state index contributed by atoms with van der Waals surface area (Å²) in [5.41, 5.74) is 7.94. The fraction of sp³-hybridized carbons (Fsp3) is 0.467. The van der Waals surface area contributed by atoms with Crippen LogP contribution in [0.5, 0.6) is 0 Å². The molecule has 92 valence electrons. The quantitative estimate of drug-likeness (QED) is 0.612. The number of thioether (sulfide) groups is 1. The van der Waals surface area contributed by atoms with Gasteiger partial charge in [0, 0.05) is 15.8 Å². The van der Waals surface area contributed by atoms with Crippen LogP contribution in [0.1, 0.15) is 37.7 Å². The summed E-state index contributed by atoms with van der Waals surface area (Å²) in [5, 5.41) is 0.637. The van der Waals surface area contributed by atoms with E-state index in [-0.39, 0.29) is 0 Å². The zero-order valence-corrected chi connectivity index (χ0v) is 11.3. The SMILES string of the molecule is Cc1cc(N)ccc1SC1/C=C/CCCCC1. The summed E-state index contributed by atoms with van der Waals surface area (Å²) in [5.74, 6) is 0. The molecule has 0 aliphatic heterocycles.